The van der Waals surface area contributed by atoms with Gasteiger partial charge in [-0.25, -0.2) is 17.5 Å². The number of carbonyl (C=O) groups is 1. The van der Waals surface area contributed by atoms with Crippen LogP contribution in [-0.4, -0.2) is 39.7 Å². The summed E-state index contributed by atoms with van der Waals surface area (Å²) in [5.41, 5.74) is 0.787. The van der Waals surface area contributed by atoms with E-state index in [0.717, 1.165) is 0 Å². The van der Waals surface area contributed by atoms with Crippen molar-refractivity contribution < 1.29 is 26.9 Å². The highest BCUT2D eigenvalue weighted by molar-refractivity contribution is 7.89. The quantitative estimate of drug-likeness (QED) is 0.542. The fourth-order valence-corrected chi connectivity index (χ4v) is 3.48. The predicted molar refractivity (Wildman–Crippen MR) is 102 cm³/mol. The first-order valence-corrected chi connectivity index (χ1v) is 10.0. The number of benzene rings is 2. The van der Waals surface area contributed by atoms with Gasteiger partial charge in [0.15, 0.2) is 0 Å². The third-order valence-corrected chi connectivity index (χ3v) is 5.40. The molecule has 152 valence electrons. The Morgan fingerprint density at radius 2 is 1.90 bits per heavy atom. The zero-order chi connectivity index (χ0) is 20.9. The number of methoxy groups -OCH3 is 1. The van der Waals surface area contributed by atoms with E-state index in [1.54, 1.807) is 6.07 Å². The van der Waals surface area contributed by atoms with E-state index >= 15 is 0 Å². The van der Waals surface area contributed by atoms with E-state index in [-0.39, 0.29) is 23.7 Å². The Kier molecular flexibility index (Phi) is 6.25. The maximum absolute atomic E-state index is 13.3. The van der Waals surface area contributed by atoms with Gasteiger partial charge in [-0.15, -0.1) is 0 Å². The van der Waals surface area contributed by atoms with Crippen molar-refractivity contribution in [3.8, 4) is 17.0 Å². The van der Waals surface area contributed by atoms with Crippen molar-refractivity contribution in [3.63, 3.8) is 0 Å². The summed E-state index contributed by atoms with van der Waals surface area (Å²) in [6.45, 7) is 0.00914. The minimum absolute atomic E-state index is 0.0228. The molecule has 10 heteroatoms. The molecule has 0 saturated heterocycles. The highest BCUT2D eigenvalue weighted by atomic mass is 32.2. The van der Waals surface area contributed by atoms with Gasteiger partial charge in [0.25, 0.3) is 5.91 Å². The molecule has 0 aliphatic carbocycles. The predicted octanol–water partition coefficient (Wildman–Crippen LogP) is 2.20. The summed E-state index contributed by atoms with van der Waals surface area (Å²) >= 11 is 0. The maximum atomic E-state index is 13.3. The Morgan fingerprint density at radius 1 is 1.14 bits per heavy atom. The van der Waals surface area contributed by atoms with Crippen molar-refractivity contribution in [2.24, 2.45) is 0 Å². The van der Waals surface area contributed by atoms with E-state index in [4.69, 9.17) is 9.26 Å². The highest BCUT2D eigenvalue weighted by Crippen LogP contribution is 2.20. The molecule has 2 aromatic carbocycles. The molecule has 0 aliphatic heterocycles. The summed E-state index contributed by atoms with van der Waals surface area (Å²) in [5.74, 6) is -0.521. The molecular weight excluding hydrogens is 401 g/mol. The van der Waals surface area contributed by atoms with Gasteiger partial charge in [-0.1, -0.05) is 17.3 Å². The van der Waals surface area contributed by atoms with Gasteiger partial charge >= 0.3 is 0 Å². The number of hydrogen-bond acceptors (Lipinski definition) is 6. The summed E-state index contributed by atoms with van der Waals surface area (Å²) in [6, 6.07) is 13.0. The molecule has 8 nitrogen and oxygen atoms in total. The van der Waals surface area contributed by atoms with Gasteiger partial charge in [0, 0.05) is 24.7 Å². The number of hydrogen-bond donors (Lipinski definition) is 2. The highest BCUT2D eigenvalue weighted by Gasteiger charge is 2.16. The number of amides is 1. The number of nitrogens with one attached hydrogen (secondary N) is 2. The molecule has 29 heavy (non-hydrogen) atoms. The Labute approximate surface area is 166 Å². The fraction of sp³-hybridized carbons (Fsp3) is 0.158. The molecule has 0 unspecified atom stereocenters. The van der Waals surface area contributed by atoms with Crippen LogP contribution in [0.3, 0.4) is 0 Å². The van der Waals surface area contributed by atoms with Gasteiger partial charge < -0.3 is 14.6 Å². The standard InChI is InChI=1S/C19H18FN3O5S/c1-27-15-5-7-16(8-6-15)29(25,26)22-10-9-21-19(24)18-12-17(23-28-18)13-3-2-4-14(20)11-13/h2-8,11-12,22H,9-10H2,1H3,(H,21,24). The zero-order valence-corrected chi connectivity index (χ0v) is 16.2. The maximum Gasteiger partial charge on any atom is 0.289 e. The number of carbonyl (C=O) groups excluding carboxylic acids is 1. The van der Waals surface area contributed by atoms with E-state index in [2.05, 4.69) is 15.2 Å². The van der Waals surface area contributed by atoms with Crippen molar-refractivity contribution in [2.45, 2.75) is 4.90 Å². The van der Waals surface area contributed by atoms with Crippen molar-refractivity contribution >= 4 is 15.9 Å². The second-order valence-electron chi connectivity index (χ2n) is 5.92. The minimum Gasteiger partial charge on any atom is -0.497 e. The van der Waals surface area contributed by atoms with Gasteiger partial charge in [-0.3, -0.25) is 4.79 Å². The van der Waals surface area contributed by atoms with Gasteiger partial charge in [0.05, 0.1) is 12.0 Å². The normalized spacial score (nSPS) is 11.2. The molecule has 3 aromatic rings. The largest absolute Gasteiger partial charge is 0.497 e. The Morgan fingerprint density at radius 3 is 2.59 bits per heavy atom. The van der Waals surface area contributed by atoms with Crippen molar-refractivity contribution in [1.82, 2.24) is 15.2 Å². The molecule has 0 aliphatic rings. The van der Waals surface area contributed by atoms with Crippen molar-refractivity contribution in [2.75, 3.05) is 20.2 Å². The van der Waals surface area contributed by atoms with Crippen LogP contribution in [0.15, 0.2) is 64.0 Å². The smallest absolute Gasteiger partial charge is 0.289 e. The van der Waals surface area contributed by atoms with Gasteiger partial charge in [-0.05, 0) is 36.4 Å². The first-order chi connectivity index (χ1) is 13.9. The Balaban J connectivity index is 1.52. The summed E-state index contributed by atoms with van der Waals surface area (Å²) in [4.78, 5) is 12.2. The van der Waals surface area contributed by atoms with Crippen LogP contribution in [0.2, 0.25) is 0 Å². The molecule has 0 spiro atoms. The number of ether oxygens (including phenoxy) is 1. The summed E-state index contributed by atoms with van der Waals surface area (Å²) in [6.07, 6.45) is 0. The molecule has 0 bridgehead atoms. The summed E-state index contributed by atoms with van der Waals surface area (Å²) < 4.78 is 50.1. The van der Waals surface area contributed by atoms with E-state index in [0.29, 0.717) is 17.0 Å². The number of aromatic nitrogens is 1. The minimum atomic E-state index is -3.71. The summed E-state index contributed by atoms with van der Waals surface area (Å²) in [5, 5.41) is 6.27. The third-order valence-electron chi connectivity index (χ3n) is 3.93. The van der Waals surface area contributed by atoms with Crippen LogP contribution >= 0.6 is 0 Å². The van der Waals surface area contributed by atoms with E-state index in [9.17, 15) is 17.6 Å². The van der Waals surface area contributed by atoms with Crippen molar-refractivity contribution in [1.29, 1.82) is 0 Å². The number of halogens is 1. The molecule has 3 rings (SSSR count). The lowest BCUT2D eigenvalue weighted by Gasteiger charge is -2.08. The van der Waals surface area contributed by atoms with Gasteiger partial charge in [0.2, 0.25) is 15.8 Å². The monoisotopic (exact) mass is 419 g/mol. The summed E-state index contributed by atoms with van der Waals surface area (Å²) in [7, 11) is -2.23. The average molecular weight is 419 g/mol. The van der Waals surface area contributed by atoms with Gasteiger partial charge in [0.1, 0.15) is 17.3 Å². The topological polar surface area (TPSA) is 111 Å². The molecule has 2 N–H and O–H groups in total. The lowest BCUT2D eigenvalue weighted by atomic mass is 10.1. The first kappa shape index (κ1) is 20.5. The van der Waals surface area contributed by atoms with Crippen LogP contribution in [-0.2, 0) is 10.0 Å². The first-order valence-electron chi connectivity index (χ1n) is 8.53. The zero-order valence-electron chi connectivity index (χ0n) is 15.4. The molecule has 1 aromatic heterocycles. The Hall–Kier alpha value is -3.24. The van der Waals surface area contributed by atoms with Crippen LogP contribution in [0.1, 0.15) is 10.6 Å². The molecule has 1 heterocycles. The lowest BCUT2D eigenvalue weighted by Crippen LogP contribution is -2.34. The van der Waals surface area contributed by atoms with Crippen LogP contribution < -0.4 is 14.8 Å². The van der Waals surface area contributed by atoms with Crippen molar-refractivity contribution in [3.05, 3.63) is 66.2 Å². The number of nitrogens with zero attached hydrogens (tertiary/aromatic N) is 1. The second-order valence-corrected chi connectivity index (χ2v) is 7.68. The fourth-order valence-electron chi connectivity index (χ4n) is 2.45. The third kappa shape index (κ3) is 5.18. The SMILES string of the molecule is COc1ccc(S(=O)(=O)NCCNC(=O)c2cc(-c3cccc(F)c3)no2)cc1. The van der Waals surface area contributed by atoms with Crippen LogP contribution in [0.25, 0.3) is 11.3 Å². The molecule has 1 amide bonds. The number of sulfonamides is 1. The molecular formula is C19H18FN3O5S. The second kappa shape index (κ2) is 8.84. The molecule has 0 atom stereocenters. The van der Waals surface area contributed by atoms with E-state index in [1.165, 1.54) is 55.6 Å². The van der Waals surface area contributed by atoms with Crippen LogP contribution in [0, 0.1) is 5.82 Å². The van der Waals surface area contributed by atoms with Crippen LogP contribution in [0.5, 0.6) is 5.75 Å². The molecule has 0 saturated carbocycles. The van der Waals surface area contributed by atoms with E-state index < -0.39 is 21.7 Å². The van der Waals surface area contributed by atoms with E-state index in [1.807, 2.05) is 0 Å². The van der Waals surface area contributed by atoms with Gasteiger partial charge in [-0.2, -0.15) is 0 Å². The lowest BCUT2D eigenvalue weighted by molar-refractivity contribution is 0.0917. The molecule has 0 radical (unpaired) electrons. The Bertz CT molecular complexity index is 1100. The number of rotatable bonds is 8. The van der Waals surface area contributed by atoms with Crippen LogP contribution in [0.4, 0.5) is 4.39 Å². The molecule has 0 fully saturated rings. The average Bonchev–Trinajstić information content (AvgIpc) is 3.21.